The van der Waals surface area contributed by atoms with Gasteiger partial charge in [-0.3, -0.25) is 4.10 Å². The Bertz CT molecular complexity index is 247. The molecule has 0 fully saturated rings. The Balaban J connectivity index is 4.34. The van der Waals surface area contributed by atoms with E-state index in [1.165, 1.54) is 0 Å². The molecule has 0 atom stereocenters. The molecule has 0 rings (SSSR count). The van der Waals surface area contributed by atoms with Crippen molar-refractivity contribution in [3.8, 4) is 0 Å². The zero-order valence-corrected chi connectivity index (χ0v) is 6.18. The van der Waals surface area contributed by atoms with E-state index in [1.807, 2.05) is 0 Å². The molecular formula is C2H2BF3O5S. The molecule has 0 heterocycles. The third-order valence-corrected chi connectivity index (χ3v) is 1.58. The Morgan fingerprint density at radius 2 is 1.75 bits per heavy atom. The van der Waals surface area contributed by atoms with Crippen LogP contribution in [0.1, 0.15) is 0 Å². The largest absolute Gasteiger partial charge is 0.720 e. The van der Waals surface area contributed by atoms with E-state index < -0.39 is 22.6 Å². The van der Waals surface area contributed by atoms with Gasteiger partial charge in [0.1, 0.15) is 0 Å². The van der Waals surface area contributed by atoms with Gasteiger partial charge in [-0.1, -0.05) is 9.05 Å². The summed E-state index contributed by atoms with van der Waals surface area (Å²) >= 11 is 0. The Labute approximate surface area is 65.8 Å². The van der Waals surface area contributed by atoms with E-state index in [9.17, 15) is 21.9 Å². The summed E-state index contributed by atoms with van der Waals surface area (Å²) in [6, 6.07) is 0. The molecule has 70 valence electrons. The lowest BCUT2D eigenvalue weighted by Crippen LogP contribution is -2.24. The second kappa shape index (κ2) is 4.45. The number of hydrogen-bond acceptors (Lipinski definition) is 5. The molecule has 5 nitrogen and oxygen atoms in total. The first-order chi connectivity index (χ1) is 5.44. The van der Waals surface area contributed by atoms with Crippen molar-refractivity contribution < 1.29 is 35.7 Å². The van der Waals surface area contributed by atoms with Crippen LogP contribution in [0, 0.1) is 0 Å². The quantitative estimate of drug-likeness (QED) is 0.615. The summed E-state index contributed by atoms with van der Waals surface area (Å²) in [5.74, 6) is 0. The summed E-state index contributed by atoms with van der Waals surface area (Å²) in [5.41, 5.74) is 0. The fourth-order valence-electron chi connectivity index (χ4n) is 0.199. The minimum Gasteiger partial charge on any atom is -0.263 e. The van der Waals surface area contributed by atoms with Crippen molar-refractivity contribution in [3.05, 3.63) is 11.7 Å². The van der Waals surface area contributed by atoms with Crippen LogP contribution in [0.15, 0.2) is 11.7 Å². The minimum atomic E-state index is -4.91. The first-order valence-electron chi connectivity index (χ1n) is 2.26. The molecule has 0 N–H and O–H groups in total. The summed E-state index contributed by atoms with van der Waals surface area (Å²) in [6.45, 7) is 2.31. The van der Waals surface area contributed by atoms with E-state index in [0.717, 1.165) is 0 Å². The van der Waals surface area contributed by atoms with Crippen molar-refractivity contribution in [2.75, 3.05) is 0 Å². The van der Waals surface area contributed by atoms with E-state index in [2.05, 4.69) is 20.4 Å². The third kappa shape index (κ3) is 3.22. The van der Waals surface area contributed by atoms with Crippen LogP contribution in [-0.4, -0.2) is 15.7 Å². The van der Waals surface area contributed by atoms with Crippen LogP contribution < -0.4 is 0 Å². The molecule has 0 saturated heterocycles. The van der Waals surface area contributed by atoms with Crippen LogP contribution in [0.2, 0.25) is 0 Å². The summed E-state index contributed by atoms with van der Waals surface area (Å²) < 4.78 is 57.8. The molecule has 0 aliphatic carbocycles. The van der Waals surface area contributed by atoms with Gasteiger partial charge in [-0.05, 0) is 6.58 Å². The topological polar surface area (TPSA) is 61.8 Å². The van der Waals surface area contributed by atoms with Crippen molar-refractivity contribution in [3.63, 3.8) is 0 Å². The molecule has 0 aromatic heterocycles. The number of halogens is 3. The van der Waals surface area contributed by atoms with Gasteiger partial charge in [-0.2, -0.15) is 22.5 Å². The Kier molecular flexibility index (Phi) is 4.24. The van der Waals surface area contributed by atoms with Gasteiger partial charge in [0.15, 0.2) is 0 Å². The lowest BCUT2D eigenvalue weighted by atomic mass is 10.3. The lowest BCUT2D eigenvalue weighted by Gasteiger charge is -2.01. The van der Waals surface area contributed by atoms with Crippen molar-refractivity contribution in [1.82, 2.24) is 0 Å². The van der Waals surface area contributed by atoms with Gasteiger partial charge in [0.2, 0.25) is 5.16 Å². The molecule has 0 radical (unpaired) electrons. The van der Waals surface area contributed by atoms with Gasteiger partial charge >= 0.3 is 17.4 Å². The van der Waals surface area contributed by atoms with Crippen molar-refractivity contribution in [2.45, 2.75) is 0 Å². The predicted molar refractivity (Wildman–Crippen MR) is 30.4 cm³/mol. The summed E-state index contributed by atoms with van der Waals surface area (Å²) in [5, 5.41) is -1.93. The van der Waals surface area contributed by atoms with Crippen LogP contribution in [0.4, 0.5) is 13.4 Å². The van der Waals surface area contributed by atoms with Crippen LogP contribution >= 0.6 is 0 Å². The van der Waals surface area contributed by atoms with E-state index in [4.69, 9.17) is 0 Å². The summed E-state index contributed by atoms with van der Waals surface area (Å²) in [6.07, 6.45) is 0. The number of hydrogen-bond donors (Lipinski definition) is 0. The van der Waals surface area contributed by atoms with Crippen LogP contribution in [0.25, 0.3) is 0 Å². The van der Waals surface area contributed by atoms with E-state index in [1.54, 1.807) is 0 Å². The standard InChI is InChI=1S/C2H2BF3O5S/c1-2(4)12(7,8)11-3(9-5)10-6/h1H2. The smallest absolute Gasteiger partial charge is 0.263 e. The second-order valence-electron chi connectivity index (χ2n) is 1.37. The van der Waals surface area contributed by atoms with Gasteiger partial charge in [0, 0.05) is 0 Å². The normalized spacial score (nSPS) is 11.2. The molecule has 0 aromatic rings. The molecular weight excluding hydrogens is 204 g/mol. The molecule has 0 aliphatic rings. The van der Waals surface area contributed by atoms with Gasteiger partial charge in [-0.15, -0.1) is 0 Å². The maximum atomic E-state index is 11.8. The molecule has 0 bridgehead atoms. The van der Waals surface area contributed by atoms with E-state index in [0.29, 0.717) is 0 Å². The highest BCUT2D eigenvalue weighted by molar-refractivity contribution is 7.91. The Hall–Kier alpha value is -0.575. The highest BCUT2D eigenvalue weighted by Crippen LogP contribution is 2.10. The molecule has 12 heavy (non-hydrogen) atoms. The lowest BCUT2D eigenvalue weighted by molar-refractivity contribution is -0.129. The maximum absolute atomic E-state index is 11.8. The molecule has 0 spiro atoms. The second-order valence-corrected chi connectivity index (χ2v) is 2.92. The molecule has 0 unspecified atom stereocenters. The average Bonchev–Trinajstić information content (AvgIpc) is 2.00. The SMILES string of the molecule is C=C(F)S(=O)(=O)OB(OF)OF. The van der Waals surface area contributed by atoms with Gasteiger partial charge < -0.3 is 0 Å². The first-order valence-corrected chi connectivity index (χ1v) is 3.67. The fraction of sp³-hybridized carbons (Fsp3) is 0. The number of rotatable bonds is 5. The first kappa shape index (κ1) is 11.4. The summed E-state index contributed by atoms with van der Waals surface area (Å²) in [4.78, 5) is 4.96. The zero-order chi connectivity index (χ0) is 9.78. The van der Waals surface area contributed by atoms with Crippen molar-refractivity contribution >= 4 is 17.4 Å². The van der Waals surface area contributed by atoms with Crippen LogP contribution in [0.5, 0.6) is 0 Å². The predicted octanol–water partition coefficient (Wildman–Crippen LogP) is 0.561. The Morgan fingerprint density at radius 3 is 2.00 bits per heavy atom. The van der Waals surface area contributed by atoms with Crippen LogP contribution in [0.3, 0.4) is 0 Å². The van der Waals surface area contributed by atoms with Crippen molar-refractivity contribution in [1.29, 1.82) is 0 Å². The fourth-order valence-corrected chi connectivity index (χ4v) is 0.570. The van der Waals surface area contributed by atoms with E-state index in [-0.39, 0.29) is 0 Å². The minimum absolute atomic E-state index is 1.93. The molecule has 0 saturated carbocycles. The van der Waals surface area contributed by atoms with Gasteiger partial charge in [0.05, 0.1) is 0 Å². The molecule has 0 amide bonds. The third-order valence-electron chi connectivity index (χ3n) is 0.622. The van der Waals surface area contributed by atoms with Gasteiger partial charge in [-0.25, -0.2) is 0 Å². The van der Waals surface area contributed by atoms with E-state index >= 15 is 0 Å². The molecule has 0 aliphatic heterocycles. The average molecular weight is 206 g/mol. The highest BCUT2D eigenvalue weighted by atomic mass is 32.2. The van der Waals surface area contributed by atoms with Gasteiger partial charge in [0.25, 0.3) is 0 Å². The van der Waals surface area contributed by atoms with Crippen LogP contribution in [-0.2, 0) is 23.9 Å². The highest BCUT2D eigenvalue weighted by Gasteiger charge is 2.33. The Morgan fingerprint density at radius 1 is 1.33 bits per heavy atom. The molecule has 0 aromatic carbocycles. The maximum Gasteiger partial charge on any atom is 0.720 e. The van der Waals surface area contributed by atoms with Crippen molar-refractivity contribution in [2.24, 2.45) is 0 Å². The zero-order valence-electron chi connectivity index (χ0n) is 5.37. The monoisotopic (exact) mass is 206 g/mol. The molecule has 10 heteroatoms. The summed E-state index contributed by atoms with van der Waals surface area (Å²) in [7, 11) is -7.70.